The summed E-state index contributed by atoms with van der Waals surface area (Å²) in [6.45, 7) is 4.74. The molecule has 3 rings (SSSR count). The second-order valence-electron chi connectivity index (χ2n) is 6.68. The van der Waals surface area contributed by atoms with E-state index in [-0.39, 0.29) is 17.7 Å². The van der Waals surface area contributed by atoms with Crippen LogP contribution < -0.4 is 0 Å². The van der Waals surface area contributed by atoms with E-state index in [9.17, 15) is 9.59 Å². The molecule has 0 unspecified atom stereocenters. The molecular weight excluding hydrogens is 320 g/mol. The SMILES string of the molecule is CC1(C)CO[C@H](c2ccccc2)CN1C(=O)c1ccc(C(=O)O)nc1. The van der Waals surface area contributed by atoms with Gasteiger partial charge in [0, 0.05) is 6.20 Å². The summed E-state index contributed by atoms with van der Waals surface area (Å²) in [7, 11) is 0. The molecular formula is C19H20N2O4. The quantitative estimate of drug-likeness (QED) is 0.929. The molecule has 1 N–H and O–H groups in total. The molecule has 0 saturated carbocycles. The third-order valence-electron chi connectivity index (χ3n) is 4.36. The number of hydrogen-bond acceptors (Lipinski definition) is 4. The smallest absolute Gasteiger partial charge is 0.354 e. The second kappa shape index (κ2) is 6.64. The lowest BCUT2D eigenvalue weighted by Crippen LogP contribution is -2.56. The highest BCUT2D eigenvalue weighted by Gasteiger charge is 2.39. The van der Waals surface area contributed by atoms with Crippen molar-refractivity contribution in [2.45, 2.75) is 25.5 Å². The Bertz CT molecular complexity index is 772. The number of amides is 1. The molecule has 1 aliphatic rings. The summed E-state index contributed by atoms with van der Waals surface area (Å²) in [5.74, 6) is -1.30. The van der Waals surface area contributed by atoms with Crippen molar-refractivity contribution >= 4 is 11.9 Å². The number of carbonyl (C=O) groups is 2. The van der Waals surface area contributed by atoms with Gasteiger partial charge in [-0.05, 0) is 31.5 Å². The van der Waals surface area contributed by atoms with Crippen LogP contribution in [-0.2, 0) is 4.74 Å². The first-order chi connectivity index (χ1) is 11.9. The highest BCUT2D eigenvalue weighted by molar-refractivity contribution is 5.95. The topological polar surface area (TPSA) is 79.7 Å². The van der Waals surface area contributed by atoms with Crippen LogP contribution in [0.3, 0.4) is 0 Å². The first-order valence-electron chi connectivity index (χ1n) is 8.06. The van der Waals surface area contributed by atoms with Crippen molar-refractivity contribution in [3.63, 3.8) is 0 Å². The third kappa shape index (κ3) is 3.53. The normalized spacial score (nSPS) is 19.4. The summed E-state index contributed by atoms with van der Waals surface area (Å²) < 4.78 is 5.96. The summed E-state index contributed by atoms with van der Waals surface area (Å²) in [5, 5.41) is 8.93. The number of aromatic nitrogens is 1. The standard InChI is InChI=1S/C19H20N2O4/c1-19(2)12-25-16(13-6-4-3-5-7-13)11-21(19)17(22)14-8-9-15(18(23)24)20-10-14/h3-10,16H,11-12H2,1-2H3,(H,23,24)/t16-/m0/s1. The molecule has 130 valence electrons. The van der Waals surface area contributed by atoms with Crippen LogP contribution in [0.15, 0.2) is 48.7 Å². The van der Waals surface area contributed by atoms with Crippen molar-refractivity contribution in [3.8, 4) is 0 Å². The number of ether oxygens (including phenoxy) is 1. The second-order valence-corrected chi connectivity index (χ2v) is 6.68. The fraction of sp³-hybridized carbons (Fsp3) is 0.316. The molecule has 1 atom stereocenters. The molecule has 2 aromatic rings. The van der Waals surface area contributed by atoms with Gasteiger partial charge in [-0.3, -0.25) is 4.79 Å². The average molecular weight is 340 g/mol. The Kier molecular flexibility index (Phi) is 4.55. The van der Waals surface area contributed by atoms with Crippen molar-refractivity contribution in [2.75, 3.05) is 13.2 Å². The van der Waals surface area contributed by atoms with Crippen LogP contribution in [-0.4, -0.2) is 45.6 Å². The molecule has 1 saturated heterocycles. The summed E-state index contributed by atoms with van der Waals surface area (Å²) in [6, 6.07) is 12.6. The number of carbonyl (C=O) groups excluding carboxylic acids is 1. The minimum atomic E-state index is -1.12. The Labute approximate surface area is 146 Å². The average Bonchev–Trinajstić information content (AvgIpc) is 2.62. The van der Waals surface area contributed by atoms with Gasteiger partial charge in [-0.1, -0.05) is 30.3 Å². The van der Waals surface area contributed by atoms with Gasteiger partial charge < -0.3 is 14.7 Å². The minimum Gasteiger partial charge on any atom is -0.477 e. The number of nitrogens with zero attached hydrogens (tertiary/aromatic N) is 2. The number of pyridine rings is 1. The van der Waals surface area contributed by atoms with E-state index in [0.29, 0.717) is 18.7 Å². The van der Waals surface area contributed by atoms with Crippen molar-refractivity contribution in [1.82, 2.24) is 9.88 Å². The van der Waals surface area contributed by atoms with E-state index in [2.05, 4.69) is 4.98 Å². The van der Waals surface area contributed by atoms with Crippen molar-refractivity contribution < 1.29 is 19.4 Å². The highest BCUT2D eigenvalue weighted by Crippen LogP contribution is 2.31. The van der Waals surface area contributed by atoms with Gasteiger partial charge >= 0.3 is 5.97 Å². The Morgan fingerprint density at radius 1 is 1.20 bits per heavy atom. The first kappa shape index (κ1) is 17.1. The molecule has 25 heavy (non-hydrogen) atoms. The molecule has 0 spiro atoms. The van der Waals surface area contributed by atoms with E-state index in [1.54, 1.807) is 4.90 Å². The summed E-state index contributed by atoms with van der Waals surface area (Å²) >= 11 is 0. The van der Waals surface area contributed by atoms with Crippen molar-refractivity contribution in [1.29, 1.82) is 0 Å². The predicted octanol–water partition coefficient (Wildman–Crippen LogP) is 2.77. The Hall–Kier alpha value is -2.73. The lowest BCUT2D eigenvalue weighted by molar-refractivity contribution is -0.0846. The van der Waals surface area contributed by atoms with E-state index in [1.807, 2.05) is 44.2 Å². The first-order valence-corrected chi connectivity index (χ1v) is 8.06. The van der Waals surface area contributed by atoms with Crippen LogP contribution >= 0.6 is 0 Å². The number of benzene rings is 1. The molecule has 2 heterocycles. The Morgan fingerprint density at radius 3 is 2.52 bits per heavy atom. The van der Waals surface area contributed by atoms with E-state index in [0.717, 1.165) is 5.56 Å². The van der Waals surface area contributed by atoms with Gasteiger partial charge in [0.1, 0.15) is 11.8 Å². The van der Waals surface area contributed by atoms with Crippen LogP contribution in [0, 0.1) is 0 Å². The molecule has 0 radical (unpaired) electrons. The number of carboxylic acids is 1. The highest BCUT2D eigenvalue weighted by atomic mass is 16.5. The predicted molar refractivity (Wildman–Crippen MR) is 91.4 cm³/mol. The maximum absolute atomic E-state index is 13.0. The summed E-state index contributed by atoms with van der Waals surface area (Å²) in [6.07, 6.45) is 1.12. The van der Waals surface area contributed by atoms with Gasteiger partial charge in [0.15, 0.2) is 0 Å². The number of hydrogen-bond donors (Lipinski definition) is 1. The molecule has 6 nitrogen and oxygen atoms in total. The van der Waals surface area contributed by atoms with Crippen LogP contribution in [0.2, 0.25) is 0 Å². The largest absolute Gasteiger partial charge is 0.477 e. The lowest BCUT2D eigenvalue weighted by Gasteiger charge is -2.45. The molecule has 0 bridgehead atoms. The molecule has 1 aromatic carbocycles. The Morgan fingerprint density at radius 2 is 1.92 bits per heavy atom. The molecule has 1 amide bonds. The van der Waals surface area contributed by atoms with E-state index in [4.69, 9.17) is 9.84 Å². The molecule has 1 fully saturated rings. The molecule has 0 aliphatic carbocycles. The van der Waals surface area contributed by atoms with Gasteiger partial charge in [-0.2, -0.15) is 0 Å². The number of aromatic carboxylic acids is 1. The van der Waals surface area contributed by atoms with Crippen LogP contribution in [0.25, 0.3) is 0 Å². The fourth-order valence-electron chi connectivity index (χ4n) is 2.88. The summed E-state index contributed by atoms with van der Waals surface area (Å²) in [5.41, 5.74) is 0.843. The molecule has 1 aliphatic heterocycles. The van der Waals surface area contributed by atoms with Gasteiger partial charge in [0.05, 0.1) is 24.3 Å². The van der Waals surface area contributed by atoms with Crippen LogP contribution in [0.4, 0.5) is 0 Å². The monoisotopic (exact) mass is 340 g/mol. The fourth-order valence-corrected chi connectivity index (χ4v) is 2.88. The van der Waals surface area contributed by atoms with E-state index >= 15 is 0 Å². The molecule has 1 aromatic heterocycles. The number of carboxylic acid groups (broad SMARTS) is 1. The number of morpholine rings is 1. The van der Waals surface area contributed by atoms with E-state index in [1.165, 1.54) is 18.3 Å². The van der Waals surface area contributed by atoms with Gasteiger partial charge in [0.2, 0.25) is 0 Å². The van der Waals surface area contributed by atoms with Crippen molar-refractivity contribution in [3.05, 3.63) is 65.5 Å². The zero-order valence-electron chi connectivity index (χ0n) is 14.2. The maximum Gasteiger partial charge on any atom is 0.354 e. The van der Waals surface area contributed by atoms with Gasteiger partial charge in [-0.15, -0.1) is 0 Å². The minimum absolute atomic E-state index is 0.0834. The van der Waals surface area contributed by atoms with Gasteiger partial charge in [-0.25, -0.2) is 9.78 Å². The summed E-state index contributed by atoms with van der Waals surface area (Å²) in [4.78, 5) is 29.5. The molecule has 6 heteroatoms. The van der Waals surface area contributed by atoms with E-state index < -0.39 is 11.5 Å². The number of rotatable bonds is 3. The van der Waals surface area contributed by atoms with Crippen LogP contribution in [0.5, 0.6) is 0 Å². The zero-order chi connectivity index (χ0) is 18.0. The zero-order valence-corrected chi connectivity index (χ0v) is 14.2. The van der Waals surface area contributed by atoms with Gasteiger partial charge in [0.25, 0.3) is 5.91 Å². The maximum atomic E-state index is 13.0. The van der Waals surface area contributed by atoms with Crippen molar-refractivity contribution in [2.24, 2.45) is 0 Å². The Balaban J connectivity index is 1.84. The van der Waals surface area contributed by atoms with Crippen LogP contribution in [0.1, 0.15) is 46.4 Å². The third-order valence-corrected chi connectivity index (χ3v) is 4.36. The lowest BCUT2D eigenvalue weighted by atomic mass is 9.97.